The number of rotatable bonds is 24. The Morgan fingerprint density at radius 1 is 1.05 bits per heavy atom. The summed E-state index contributed by atoms with van der Waals surface area (Å²) in [6, 6.07) is 8.01. The van der Waals surface area contributed by atoms with Gasteiger partial charge in [0, 0.05) is 11.6 Å². The molecule has 0 saturated heterocycles. The van der Waals surface area contributed by atoms with E-state index in [1.54, 1.807) is 13.2 Å². The summed E-state index contributed by atoms with van der Waals surface area (Å²) in [6.45, 7) is 7.25. The first-order valence-corrected chi connectivity index (χ1v) is 16.4. The molecular weight excluding hydrogens is 600 g/mol. The summed E-state index contributed by atoms with van der Waals surface area (Å²) in [6.07, 6.45) is 17.0. The fourth-order valence-corrected chi connectivity index (χ4v) is 5.30. The second kappa shape index (κ2) is 22.9. The van der Waals surface area contributed by atoms with Crippen LogP contribution >= 0.6 is 15.9 Å². The molecule has 0 aliphatic carbocycles. The van der Waals surface area contributed by atoms with Crippen molar-refractivity contribution in [3.8, 4) is 0 Å². The number of hydrogen-bond donors (Lipinski definition) is 0. The summed E-state index contributed by atoms with van der Waals surface area (Å²) in [5, 5.41) is 0. The van der Waals surface area contributed by atoms with Gasteiger partial charge in [0.25, 0.3) is 0 Å². The van der Waals surface area contributed by atoms with E-state index in [1.807, 2.05) is 36.4 Å². The highest BCUT2D eigenvalue weighted by Crippen LogP contribution is 2.24. The van der Waals surface area contributed by atoms with Crippen LogP contribution in [0.1, 0.15) is 89.5 Å². The third-order valence-electron chi connectivity index (χ3n) is 7.44. The number of hydrogen-bond acceptors (Lipinski definition) is 7. The highest BCUT2D eigenvalue weighted by molar-refractivity contribution is 9.10. The Morgan fingerprint density at radius 2 is 1.71 bits per heavy atom. The molecule has 0 aromatic heterocycles. The third-order valence-corrected chi connectivity index (χ3v) is 7.97. The minimum Gasteiger partial charge on any atom is -0.467 e. The number of carbonyl (C=O) groups is 1. The largest absolute Gasteiger partial charge is 0.467 e. The van der Waals surface area contributed by atoms with E-state index in [9.17, 15) is 4.79 Å². The van der Waals surface area contributed by atoms with Crippen molar-refractivity contribution in [1.29, 1.82) is 0 Å². The molecule has 0 amide bonds. The number of methoxy groups -OCH3 is 2. The molecule has 2 rings (SSSR count). The number of benzene rings is 1. The first kappa shape index (κ1) is 36.6. The van der Waals surface area contributed by atoms with Gasteiger partial charge in [-0.25, -0.2) is 4.79 Å². The monoisotopic (exact) mass is 652 g/mol. The molecule has 1 aromatic carbocycles. The van der Waals surface area contributed by atoms with Crippen LogP contribution in [0.4, 0.5) is 0 Å². The number of unbranched alkanes of at least 4 members (excludes halogenated alkanes) is 9. The molecule has 7 nitrogen and oxygen atoms in total. The molecule has 0 bridgehead atoms. The van der Waals surface area contributed by atoms with Crippen LogP contribution in [0.5, 0.6) is 0 Å². The maximum Gasteiger partial charge on any atom is 0.338 e. The normalized spacial score (nSPS) is 18.9. The first-order chi connectivity index (χ1) is 20.5. The molecule has 1 aliphatic heterocycles. The van der Waals surface area contributed by atoms with Crippen molar-refractivity contribution in [3.63, 3.8) is 0 Å². The molecule has 1 aromatic rings. The van der Waals surface area contributed by atoms with Crippen molar-refractivity contribution in [2.45, 2.75) is 121 Å². The number of esters is 1. The Hall–Kier alpha value is -1.55. The zero-order valence-electron chi connectivity index (χ0n) is 26.0. The Balaban J connectivity index is 1.88. The van der Waals surface area contributed by atoms with Crippen LogP contribution < -0.4 is 0 Å². The van der Waals surface area contributed by atoms with E-state index in [0.717, 1.165) is 29.3 Å². The van der Waals surface area contributed by atoms with Crippen LogP contribution in [0.25, 0.3) is 0 Å². The van der Waals surface area contributed by atoms with E-state index in [-0.39, 0.29) is 19.0 Å². The molecule has 5 atom stereocenters. The van der Waals surface area contributed by atoms with E-state index in [4.69, 9.17) is 28.4 Å². The topological polar surface area (TPSA) is 72.5 Å². The van der Waals surface area contributed by atoms with Crippen molar-refractivity contribution in [2.24, 2.45) is 0 Å². The van der Waals surface area contributed by atoms with Gasteiger partial charge in [-0.2, -0.15) is 0 Å². The number of carbonyl (C=O) groups excluding carboxylic acids is 1. The molecule has 0 spiro atoms. The second-order valence-corrected chi connectivity index (χ2v) is 11.8. The Bertz CT molecular complexity index is 875. The summed E-state index contributed by atoms with van der Waals surface area (Å²) in [7, 11) is 2.95. The molecule has 0 fully saturated rings. The summed E-state index contributed by atoms with van der Waals surface area (Å²) in [4.78, 5) is 12.9. The maximum atomic E-state index is 12.9. The predicted molar refractivity (Wildman–Crippen MR) is 170 cm³/mol. The lowest BCUT2D eigenvalue weighted by Crippen LogP contribution is -2.46. The lowest BCUT2D eigenvalue weighted by Gasteiger charge is -2.33. The van der Waals surface area contributed by atoms with Crippen LogP contribution in [0.3, 0.4) is 0 Å². The van der Waals surface area contributed by atoms with E-state index in [1.165, 1.54) is 58.5 Å². The summed E-state index contributed by atoms with van der Waals surface area (Å²) >= 11 is 3.45. The molecule has 0 radical (unpaired) electrons. The highest BCUT2D eigenvalue weighted by Gasteiger charge is 2.36. The van der Waals surface area contributed by atoms with E-state index < -0.39 is 24.3 Å². The van der Waals surface area contributed by atoms with Crippen molar-refractivity contribution in [2.75, 3.05) is 27.6 Å². The van der Waals surface area contributed by atoms with Crippen LogP contribution in [-0.2, 0) is 39.8 Å². The molecule has 8 heteroatoms. The zero-order valence-corrected chi connectivity index (χ0v) is 27.6. The first-order valence-electron chi connectivity index (χ1n) is 15.6. The molecule has 1 heterocycles. The number of halogens is 1. The third kappa shape index (κ3) is 14.8. The summed E-state index contributed by atoms with van der Waals surface area (Å²) < 4.78 is 35.8. The summed E-state index contributed by atoms with van der Waals surface area (Å²) in [5.74, 6) is -0.502. The van der Waals surface area contributed by atoms with E-state index in [2.05, 4.69) is 29.4 Å². The minimum atomic E-state index is -0.968. The highest BCUT2D eigenvalue weighted by atomic mass is 79.9. The average Bonchev–Trinajstić information content (AvgIpc) is 3.01. The van der Waals surface area contributed by atoms with Crippen LogP contribution in [-0.4, -0.2) is 64.1 Å². The van der Waals surface area contributed by atoms with Gasteiger partial charge < -0.3 is 28.4 Å². The van der Waals surface area contributed by atoms with Gasteiger partial charge >= 0.3 is 5.97 Å². The SMILES string of the molecule is C=C[C@@H](O[C@H](C(=O)OC)[C@H]1C=CC[C@@H](COCc2ccc(Br)cc2)O1)[C@@H](CCCCCCCCCCCC)OCOC. The molecule has 42 heavy (non-hydrogen) atoms. The van der Waals surface area contributed by atoms with E-state index in [0.29, 0.717) is 19.6 Å². The van der Waals surface area contributed by atoms with Gasteiger partial charge in [0.1, 0.15) is 19.0 Å². The van der Waals surface area contributed by atoms with Crippen molar-refractivity contribution in [1.82, 2.24) is 0 Å². The fraction of sp³-hybridized carbons (Fsp3) is 0.676. The van der Waals surface area contributed by atoms with Crippen molar-refractivity contribution in [3.05, 3.63) is 59.1 Å². The van der Waals surface area contributed by atoms with Gasteiger partial charge in [0.05, 0.1) is 32.5 Å². The van der Waals surface area contributed by atoms with Gasteiger partial charge in [0.15, 0.2) is 6.10 Å². The lowest BCUT2D eigenvalue weighted by molar-refractivity contribution is -0.185. The number of ether oxygens (including phenoxy) is 6. The molecule has 1 aliphatic rings. The van der Waals surface area contributed by atoms with Gasteiger partial charge in [-0.15, -0.1) is 6.58 Å². The molecular formula is C34H53BrO7. The molecule has 0 unspecified atom stereocenters. The molecule has 238 valence electrons. The second-order valence-electron chi connectivity index (χ2n) is 10.9. The van der Waals surface area contributed by atoms with Crippen molar-refractivity contribution < 1.29 is 33.2 Å². The van der Waals surface area contributed by atoms with Gasteiger partial charge in [0.2, 0.25) is 0 Å². The summed E-state index contributed by atoms with van der Waals surface area (Å²) in [5.41, 5.74) is 1.08. The van der Waals surface area contributed by atoms with Crippen molar-refractivity contribution >= 4 is 21.9 Å². The van der Waals surface area contributed by atoms with Crippen LogP contribution in [0, 0.1) is 0 Å². The molecule has 0 N–H and O–H groups in total. The minimum absolute atomic E-state index is 0.136. The van der Waals surface area contributed by atoms with Gasteiger partial charge in [-0.05, 0) is 30.5 Å². The fourth-order valence-electron chi connectivity index (χ4n) is 5.03. The standard InChI is InChI=1S/C34H53BrO7/c1-5-7-8-9-10-11-12-13-14-15-18-31(40-26-37-3)30(6-2)42-33(34(36)38-4)32-19-16-17-29(41-32)25-39-24-27-20-22-28(35)23-21-27/h6,16,19-23,29-33H,2,5,7-15,17-18,24-26H2,1,3-4H3/t29-,30+,31+,32+,33-/m0/s1. The van der Waals surface area contributed by atoms with E-state index >= 15 is 0 Å². The van der Waals surface area contributed by atoms with Gasteiger partial charge in [-0.1, -0.05) is 117 Å². The Kier molecular flexibility index (Phi) is 20.0. The Morgan fingerprint density at radius 3 is 2.33 bits per heavy atom. The van der Waals surface area contributed by atoms with Crippen LogP contribution in [0.15, 0.2) is 53.5 Å². The van der Waals surface area contributed by atoms with Gasteiger partial charge in [-0.3, -0.25) is 0 Å². The quantitative estimate of drug-likeness (QED) is 0.0483. The smallest absolute Gasteiger partial charge is 0.338 e. The molecule has 0 saturated carbocycles. The van der Waals surface area contributed by atoms with Crippen LogP contribution in [0.2, 0.25) is 0 Å². The lowest BCUT2D eigenvalue weighted by atomic mass is 10.0. The average molecular weight is 654 g/mol. The maximum absolute atomic E-state index is 12.9. The Labute approximate surface area is 262 Å². The predicted octanol–water partition coefficient (Wildman–Crippen LogP) is 8.09. The zero-order chi connectivity index (χ0) is 30.4.